The van der Waals surface area contributed by atoms with Gasteiger partial charge in [0.25, 0.3) is 0 Å². The largest absolute Gasteiger partial charge is 0.433 e. The van der Waals surface area contributed by atoms with Crippen molar-refractivity contribution in [2.75, 3.05) is 20.2 Å². The quantitative estimate of drug-likeness (QED) is 0.844. The fourth-order valence-electron chi connectivity index (χ4n) is 1.50. The van der Waals surface area contributed by atoms with Crippen LogP contribution in [0.3, 0.4) is 0 Å². The molecule has 0 aromatic carbocycles. The second-order valence-corrected chi connectivity index (χ2v) is 3.60. The van der Waals surface area contributed by atoms with Crippen molar-refractivity contribution in [3.05, 3.63) is 17.5 Å². The Hall–Kier alpha value is -1.08. The van der Waals surface area contributed by atoms with Crippen molar-refractivity contribution >= 4 is 0 Å². The Morgan fingerprint density at radius 2 is 2.12 bits per heavy atom. The summed E-state index contributed by atoms with van der Waals surface area (Å²) < 4.78 is 38.8. The number of aromatic nitrogens is 2. The van der Waals surface area contributed by atoms with E-state index in [-0.39, 0.29) is 18.7 Å². The third-order valence-corrected chi connectivity index (χ3v) is 2.21. The minimum Gasteiger partial charge on any atom is -0.395 e. The molecule has 0 aliphatic carbocycles. The monoisotopic (exact) mass is 237 g/mol. The summed E-state index contributed by atoms with van der Waals surface area (Å²) in [5, 5.41) is 12.3. The molecule has 4 nitrogen and oxygen atoms in total. The molecule has 1 aromatic rings. The molecule has 0 saturated heterocycles. The molecule has 0 fully saturated rings. The summed E-state index contributed by atoms with van der Waals surface area (Å²) in [6.07, 6.45) is -3.20. The fraction of sp³-hybridized carbons (Fsp3) is 0.667. The Kier molecular flexibility index (Phi) is 3.93. The molecule has 0 saturated carbocycles. The minimum atomic E-state index is -4.40. The van der Waals surface area contributed by atoms with Crippen LogP contribution in [0, 0.1) is 0 Å². The lowest BCUT2D eigenvalue weighted by atomic mass is 10.2. The molecule has 0 radical (unpaired) electrons. The lowest BCUT2D eigenvalue weighted by Gasteiger charge is -2.16. The Labute approximate surface area is 91.3 Å². The van der Waals surface area contributed by atoms with Gasteiger partial charge in [-0.2, -0.15) is 18.3 Å². The van der Waals surface area contributed by atoms with Crippen LogP contribution in [0.1, 0.15) is 11.3 Å². The highest BCUT2D eigenvalue weighted by molar-refractivity contribution is 5.20. The number of aliphatic hydroxyl groups is 1. The Morgan fingerprint density at radius 3 is 2.62 bits per heavy atom. The maximum absolute atomic E-state index is 12.7. The first-order valence-electron chi connectivity index (χ1n) is 4.73. The molecular formula is C9H14F3N3O. The third kappa shape index (κ3) is 2.96. The van der Waals surface area contributed by atoms with Crippen LogP contribution in [-0.2, 0) is 19.8 Å². The fourth-order valence-corrected chi connectivity index (χ4v) is 1.50. The van der Waals surface area contributed by atoms with Gasteiger partial charge in [0, 0.05) is 25.7 Å². The van der Waals surface area contributed by atoms with Crippen molar-refractivity contribution in [2.45, 2.75) is 12.7 Å². The molecule has 0 bridgehead atoms. The number of hydrogen-bond donors (Lipinski definition) is 1. The number of hydrogen-bond acceptors (Lipinski definition) is 3. The van der Waals surface area contributed by atoms with Crippen molar-refractivity contribution < 1.29 is 18.3 Å². The molecule has 1 rings (SSSR count). The number of halogens is 3. The van der Waals surface area contributed by atoms with E-state index in [1.165, 1.54) is 13.2 Å². The van der Waals surface area contributed by atoms with E-state index in [1.54, 1.807) is 11.9 Å². The van der Waals surface area contributed by atoms with Gasteiger partial charge in [-0.1, -0.05) is 0 Å². The summed E-state index contributed by atoms with van der Waals surface area (Å²) in [5.41, 5.74) is -0.622. The van der Waals surface area contributed by atoms with Gasteiger partial charge in [0.15, 0.2) is 0 Å². The normalized spacial score (nSPS) is 12.4. The molecular weight excluding hydrogens is 223 g/mol. The van der Waals surface area contributed by atoms with Gasteiger partial charge in [-0.3, -0.25) is 9.58 Å². The van der Waals surface area contributed by atoms with Crippen LogP contribution in [0.15, 0.2) is 6.20 Å². The minimum absolute atomic E-state index is 0.0852. The summed E-state index contributed by atoms with van der Waals surface area (Å²) in [6.45, 7) is 0.355. The van der Waals surface area contributed by atoms with Gasteiger partial charge in [-0.05, 0) is 7.05 Å². The van der Waals surface area contributed by atoms with E-state index in [1.807, 2.05) is 0 Å². The second kappa shape index (κ2) is 4.84. The Morgan fingerprint density at radius 1 is 1.50 bits per heavy atom. The number of rotatable bonds is 4. The van der Waals surface area contributed by atoms with Gasteiger partial charge < -0.3 is 5.11 Å². The van der Waals surface area contributed by atoms with Gasteiger partial charge in [0.1, 0.15) is 5.69 Å². The van der Waals surface area contributed by atoms with Crippen LogP contribution in [0.5, 0.6) is 0 Å². The van der Waals surface area contributed by atoms with E-state index < -0.39 is 11.9 Å². The highest BCUT2D eigenvalue weighted by Gasteiger charge is 2.37. The van der Waals surface area contributed by atoms with Crippen LogP contribution in [-0.4, -0.2) is 40.0 Å². The summed E-state index contributed by atoms with van der Waals surface area (Å²) in [5.74, 6) is 0. The molecule has 1 N–H and O–H groups in total. The average molecular weight is 237 g/mol. The van der Waals surface area contributed by atoms with Crippen LogP contribution in [0.25, 0.3) is 0 Å². The number of aryl methyl sites for hydroxylation is 1. The van der Waals surface area contributed by atoms with Gasteiger partial charge in [-0.25, -0.2) is 0 Å². The van der Waals surface area contributed by atoms with E-state index in [2.05, 4.69) is 5.10 Å². The molecule has 0 aliphatic heterocycles. The van der Waals surface area contributed by atoms with Crippen LogP contribution in [0.2, 0.25) is 0 Å². The van der Waals surface area contributed by atoms with Crippen molar-refractivity contribution in [3.63, 3.8) is 0 Å². The van der Waals surface area contributed by atoms with Crippen molar-refractivity contribution in [1.82, 2.24) is 14.7 Å². The van der Waals surface area contributed by atoms with Crippen molar-refractivity contribution in [1.29, 1.82) is 0 Å². The number of alkyl halides is 3. The van der Waals surface area contributed by atoms with Gasteiger partial charge in [0.2, 0.25) is 0 Å². The summed E-state index contributed by atoms with van der Waals surface area (Å²) in [4.78, 5) is 1.60. The lowest BCUT2D eigenvalue weighted by Crippen LogP contribution is -2.23. The topological polar surface area (TPSA) is 41.3 Å². The average Bonchev–Trinajstić information content (AvgIpc) is 2.46. The standard InChI is InChI=1S/C9H14F3N3O/c1-14(3-4-16)6-7-5-13-15(2)8(7)9(10,11)12/h5,16H,3-4,6H2,1-2H3. The number of nitrogens with zero attached hydrogens (tertiary/aromatic N) is 3. The number of likely N-dealkylation sites (N-methyl/N-ethyl adjacent to an activating group) is 1. The van der Waals surface area contributed by atoms with E-state index in [9.17, 15) is 13.2 Å². The molecule has 0 aliphatic rings. The van der Waals surface area contributed by atoms with Crippen molar-refractivity contribution in [2.24, 2.45) is 7.05 Å². The SMILES string of the molecule is CN(CCO)Cc1cnn(C)c1C(F)(F)F. The Balaban J connectivity index is 2.89. The summed E-state index contributed by atoms with van der Waals surface area (Å²) in [6, 6.07) is 0. The zero-order chi connectivity index (χ0) is 12.3. The van der Waals surface area contributed by atoms with E-state index in [4.69, 9.17) is 5.11 Å². The molecule has 16 heavy (non-hydrogen) atoms. The molecule has 1 heterocycles. The first-order valence-corrected chi connectivity index (χ1v) is 4.73. The smallest absolute Gasteiger partial charge is 0.395 e. The maximum Gasteiger partial charge on any atom is 0.433 e. The third-order valence-electron chi connectivity index (χ3n) is 2.21. The van der Waals surface area contributed by atoms with E-state index in [0.29, 0.717) is 6.54 Å². The molecule has 1 aromatic heterocycles. The number of aliphatic hydroxyl groups excluding tert-OH is 1. The predicted octanol–water partition coefficient (Wildman–Crippen LogP) is 0.863. The molecule has 0 atom stereocenters. The van der Waals surface area contributed by atoms with Gasteiger partial charge in [0.05, 0.1) is 12.8 Å². The first kappa shape index (κ1) is 13.0. The van der Waals surface area contributed by atoms with Gasteiger partial charge in [-0.15, -0.1) is 0 Å². The molecule has 0 spiro atoms. The zero-order valence-electron chi connectivity index (χ0n) is 9.12. The van der Waals surface area contributed by atoms with Crippen molar-refractivity contribution in [3.8, 4) is 0 Å². The molecule has 0 unspecified atom stereocenters. The van der Waals surface area contributed by atoms with Crippen LogP contribution < -0.4 is 0 Å². The Bertz CT molecular complexity index is 348. The highest BCUT2D eigenvalue weighted by Crippen LogP contribution is 2.31. The van der Waals surface area contributed by atoms with Crippen LogP contribution in [0.4, 0.5) is 13.2 Å². The zero-order valence-corrected chi connectivity index (χ0v) is 9.12. The van der Waals surface area contributed by atoms with E-state index in [0.717, 1.165) is 4.68 Å². The summed E-state index contributed by atoms with van der Waals surface area (Å²) in [7, 11) is 2.90. The molecule has 7 heteroatoms. The maximum atomic E-state index is 12.7. The van der Waals surface area contributed by atoms with Crippen LogP contribution >= 0.6 is 0 Å². The predicted molar refractivity (Wildman–Crippen MR) is 51.6 cm³/mol. The molecule has 0 amide bonds. The van der Waals surface area contributed by atoms with E-state index >= 15 is 0 Å². The molecule has 92 valence electrons. The second-order valence-electron chi connectivity index (χ2n) is 3.60. The van der Waals surface area contributed by atoms with Gasteiger partial charge >= 0.3 is 6.18 Å². The lowest BCUT2D eigenvalue weighted by molar-refractivity contribution is -0.144. The highest BCUT2D eigenvalue weighted by atomic mass is 19.4. The summed E-state index contributed by atoms with van der Waals surface area (Å²) >= 11 is 0. The first-order chi connectivity index (χ1) is 7.36.